The van der Waals surface area contributed by atoms with E-state index in [0.717, 1.165) is 11.3 Å². The molecule has 0 fully saturated rings. The molecule has 2 rings (SSSR count). The Bertz CT molecular complexity index is 451. The van der Waals surface area contributed by atoms with E-state index in [0.29, 0.717) is 17.9 Å². The van der Waals surface area contributed by atoms with Crippen LogP contribution < -0.4 is 10.5 Å². The van der Waals surface area contributed by atoms with Crippen LogP contribution >= 0.6 is 0 Å². The zero-order valence-corrected chi connectivity index (χ0v) is 8.43. The molecule has 2 aromatic rings. The second kappa shape index (κ2) is 4.04. The number of hydrogen-bond acceptors (Lipinski definition) is 4. The van der Waals surface area contributed by atoms with E-state index in [2.05, 4.69) is 5.16 Å². The Morgan fingerprint density at radius 3 is 3.00 bits per heavy atom. The van der Waals surface area contributed by atoms with Gasteiger partial charge in [0.05, 0.1) is 19.0 Å². The molecule has 1 aromatic carbocycles. The molecule has 0 aliphatic rings. The van der Waals surface area contributed by atoms with Gasteiger partial charge in [0.25, 0.3) is 0 Å². The van der Waals surface area contributed by atoms with Gasteiger partial charge in [0.1, 0.15) is 5.75 Å². The average molecular weight is 204 g/mol. The maximum absolute atomic E-state index is 5.67. The first-order chi connectivity index (χ1) is 7.29. The van der Waals surface area contributed by atoms with Crippen LogP contribution in [0.1, 0.15) is 11.3 Å². The van der Waals surface area contributed by atoms with Crippen molar-refractivity contribution in [3.05, 3.63) is 41.8 Å². The van der Waals surface area contributed by atoms with Crippen molar-refractivity contribution in [3.8, 4) is 5.75 Å². The number of benzene rings is 1. The van der Waals surface area contributed by atoms with Gasteiger partial charge in [-0.15, -0.1) is 0 Å². The molecule has 4 heteroatoms. The fourth-order valence-electron chi connectivity index (χ4n) is 1.37. The van der Waals surface area contributed by atoms with Crippen LogP contribution in [0.4, 0.5) is 5.69 Å². The van der Waals surface area contributed by atoms with Gasteiger partial charge in [0.2, 0.25) is 0 Å². The molecule has 0 aliphatic carbocycles. The third-order valence-electron chi connectivity index (χ3n) is 2.18. The summed E-state index contributed by atoms with van der Waals surface area (Å²) in [4.78, 5) is 0. The summed E-state index contributed by atoms with van der Waals surface area (Å²) in [5, 5.41) is 3.63. The van der Waals surface area contributed by atoms with Crippen LogP contribution in [0.15, 0.2) is 35.0 Å². The first kappa shape index (κ1) is 9.58. The molecule has 15 heavy (non-hydrogen) atoms. The van der Waals surface area contributed by atoms with Gasteiger partial charge in [-0.05, 0) is 17.7 Å². The Balaban J connectivity index is 2.21. The number of nitrogen functional groups attached to an aromatic ring is 1. The number of methoxy groups -OCH3 is 1. The van der Waals surface area contributed by atoms with Crippen molar-refractivity contribution in [2.75, 3.05) is 12.8 Å². The first-order valence-electron chi connectivity index (χ1n) is 4.61. The topological polar surface area (TPSA) is 61.3 Å². The SMILES string of the molecule is COc1cccc(Cc2oncc2N)c1. The number of anilines is 1. The highest BCUT2D eigenvalue weighted by atomic mass is 16.5. The Hall–Kier alpha value is -1.97. The van der Waals surface area contributed by atoms with Gasteiger partial charge in [-0.25, -0.2) is 0 Å². The van der Waals surface area contributed by atoms with Gasteiger partial charge in [0, 0.05) is 6.42 Å². The molecule has 78 valence electrons. The summed E-state index contributed by atoms with van der Waals surface area (Å²) in [7, 11) is 1.64. The maximum atomic E-state index is 5.67. The third kappa shape index (κ3) is 2.10. The van der Waals surface area contributed by atoms with E-state index in [1.54, 1.807) is 7.11 Å². The molecular formula is C11H12N2O2. The van der Waals surface area contributed by atoms with E-state index >= 15 is 0 Å². The molecule has 0 unspecified atom stereocenters. The lowest BCUT2D eigenvalue weighted by Crippen LogP contribution is -1.92. The van der Waals surface area contributed by atoms with Gasteiger partial charge in [-0.3, -0.25) is 0 Å². The molecule has 0 aliphatic heterocycles. The van der Waals surface area contributed by atoms with Crippen LogP contribution in [-0.4, -0.2) is 12.3 Å². The highest BCUT2D eigenvalue weighted by Crippen LogP contribution is 2.18. The molecule has 0 atom stereocenters. The normalized spacial score (nSPS) is 10.2. The Kier molecular flexibility index (Phi) is 2.58. The molecule has 4 nitrogen and oxygen atoms in total. The predicted molar refractivity (Wildman–Crippen MR) is 56.7 cm³/mol. The van der Waals surface area contributed by atoms with E-state index in [9.17, 15) is 0 Å². The standard InChI is InChI=1S/C11H12N2O2/c1-14-9-4-2-3-8(5-9)6-11-10(12)7-13-15-11/h2-5,7H,6,12H2,1H3. The highest BCUT2D eigenvalue weighted by molar-refractivity contribution is 5.41. The fourth-order valence-corrected chi connectivity index (χ4v) is 1.37. The summed E-state index contributed by atoms with van der Waals surface area (Å²) in [5.74, 6) is 1.51. The Labute approximate surface area is 87.6 Å². The van der Waals surface area contributed by atoms with Crippen molar-refractivity contribution in [1.29, 1.82) is 0 Å². The van der Waals surface area contributed by atoms with Gasteiger partial charge in [0.15, 0.2) is 5.76 Å². The minimum atomic E-state index is 0.581. The molecule has 0 bridgehead atoms. The van der Waals surface area contributed by atoms with Crippen molar-refractivity contribution in [1.82, 2.24) is 5.16 Å². The highest BCUT2D eigenvalue weighted by Gasteiger charge is 2.06. The predicted octanol–water partition coefficient (Wildman–Crippen LogP) is 1.86. The molecule has 0 spiro atoms. The van der Waals surface area contributed by atoms with E-state index in [1.165, 1.54) is 6.20 Å². The number of nitrogens with zero attached hydrogens (tertiary/aromatic N) is 1. The minimum absolute atomic E-state index is 0.581. The van der Waals surface area contributed by atoms with Crippen molar-refractivity contribution >= 4 is 5.69 Å². The lowest BCUT2D eigenvalue weighted by Gasteiger charge is -2.02. The van der Waals surface area contributed by atoms with E-state index < -0.39 is 0 Å². The van der Waals surface area contributed by atoms with Crippen LogP contribution in [-0.2, 0) is 6.42 Å². The van der Waals surface area contributed by atoms with E-state index in [1.807, 2.05) is 24.3 Å². The quantitative estimate of drug-likeness (QED) is 0.828. The van der Waals surface area contributed by atoms with E-state index in [4.69, 9.17) is 15.0 Å². The van der Waals surface area contributed by atoms with Gasteiger partial charge in [-0.2, -0.15) is 0 Å². The summed E-state index contributed by atoms with van der Waals surface area (Å²) in [6.45, 7) is 0. The van der Waals surface area contributed by atoms with Crippen LogP contribution in [0.5, 0.6) is 5.75 Å². The zero-order valence-electron chi connectivity index (χ0n) is 8.43. The molecule has 0 radical (unpaired) electrons. The largest absolute Gasteiger partial charge is 0.497 e. The zero-order chi connectivity index (χ0) is 10.7. The molecular weight excluding hydrogens is 192 g/mol. The van der Waals surface area contributed by atoms with Gasteiger partial charge in [-0.1, -0.05) is 17.3 Å². The van der Waals surface area contributed by atoms with Crippen LogP contribution in [0.3, 0.4) is 0 Å². The molecule has 0 saturated carbocycles. The first-order valence-corrected chi connectivity index (χ1v) is 4.61. The molecule has 0 amide bonds. The smallest absolute Gasteiger partial charge is 0.163 e. The molecule has 0 saturated heterocycles. The molecule has 1 heterocycles. The monoisotopic (exact) mass is 204 g/mol. The molecule has 2 N–H and O–H groups in total. The van der Waals surface area contributed by atoms with Crippen LogP contribution in [0.2, 0.25) is 0 Å². The van der Waals surface area contributed by atoms with Crippen molar-refractivity contribution in [3.63, 3.8) is 0 Å². The second-order valence-electron chi connectivity index (χ2n) is 3.23. The fraction of sp³-hybridized carbons (Fsp3) is 0.182. The third-order valence-corrected chi connectivity index (χ3v) is 2.18. The summed E-state index contributed by atoms with van der Waals surface area (Å²) in [5.41, 5.74) is 7.33. The molecule has 1 aromatic heterocycles. The average Bonchev–Trinajstić information content (AvgIpc) is 2.65. The van der Waals surface area contributed by atoms with Gasteiger partial charge < -0.3 is 15.0 Å². The van der Waals surface area contributed by atoms with Crippen molar-refractivity contribution in [2.24, 2.45) is 0 Å². The van der Waals surface area contributed by atoms with Crippen molar-refractivity contribution < 1.29 is 9.26 Å². The summed E-state index contributed by atoms with van der Waals surface area (Å²) < 4.78 is 10.2. The number of ether oxygens (including phenoxy) is 1. The number of nitrogens with two attached hydrogens (primary N) is 1. The Morgan fingerprint density at radius 1 is 1.47 bits per heavy atom. The summed E-state index contributed by atoms with van der Waals surface area (Å²) in [6, 6.07) is 7.76. The lowest BCUT2D eigenvalue weighted by molar-refractivity contribution is 0.389. The number of aromatic nitrogens is 1. The van der Waals surface area contributed by atoms with E-state index in [-0.39, 0.29) is 0 Å². The lowest BCUT2D eigenvalue weighted by atomic mass is 10.1. The maximum Gasteiger partial charge on any atom is 0.163 e. The number of rotatable bonds is 3. The minimum Gasteiger partial charge on any atom is -0.497 e. The van der Waals surface area contributed by atoms with Gasteiger partial charge >= 0.3 is 0 Å². The van der Waals surface area contributed by atoms with Crippen LogP contribution in [0.25, 0.3) is 0 Å². The summed E-state index contributed by atoms with van der Waals surface area (Å²) >= 11 is 0. The van der Waals surface area contributed by atoms with Crippen molar-refractivity contribution in [2.45, 2.75) is 6.42 Å². The second-order valence-corrected chi connectivity index (χ2v) is 3.23. The van der Waals surface area contributed by atoms with Crippen LogP contribution in [0, 0.1) is 0 Å². The Morgan fingerprint density at radius 2 is 2.33 bits per heavy atom. The summed E-state index contributed by atoms with van der Waals surface area (Å²) in [6.07, 6.45) is 2.14. The number of hydrogen-bond donors (Lipinski definition) is 1.